The highest BCUT2D eigenvalue weighted by atomic mass is 19.1. The van der Waals surface area contributed by atoms with Gasteiger partial charge in [0.1, 0.15) is 23.8 Å². The zero-order valence-electron chi connectivity index (χ0n) is 20.1. The Morgan fingerprint density at radius 2 is 2.00 bits per heavy atom. The maximum atomic E-state index is 13.6. The quantitative estimate of drug-likeness (QED) is 0.580. The number of benzene rings is 2. The summed E-state index contributed by atoms with van der Waals surface area (Å²) in [7, 11) is 1.63. The van der Waals surface area contributed by atoms with Gasteiger partial charge in [-0.3, -0.25) is 0 Å². The molecule has 1 aromatic heterocycles. The Kier molecular flexibility index (Phi) is 5.26. The second kappa shape index (κ2) is 8.37. The number of hydrogen-bond acceptors (Lipinski definition) is 7. The number of fused-ring (bicyclic) bond motifs is 1. The molecule has 1 unspecified atom stereocenters. The summed E-state index contributed by atoms with van der Waals surface area (Å²) in [4.78, 5) is 12.2. The van der Waals surface area contributed by atoms with Crippen molar-refractivity contribution in [3.05, 3.63) is 83.4 Å². The zero-order valence-corrected chi connectivity index (χ0v) is 20.1. The van der Waals surface area contributed by atoms with Gasteiger partial charge in [0.15, 0.2) is 5.76 Å². The molecule has 1 N–H and O–H groups in total. The number of morpholine rings is 1. The van der Waals surface area contributed by atoms with E-state index in [0.717, 1.165) is 36.2 Å². The highest BCUT2D eigenvalue weighted by Crippen LogP contribution is 2.48. The molecule has 1 aliphatic carbocycles. The van der Waals surface area contributed by atoms with Crippen LogP contribution in [0.3, 0.4) is 0 Å². The molecule has 1 saturated carbocycles. The Bertz CT molecular complexity index is 1360. The van der Waals surface area contributed by atoms with E-state index in [1.807, 2.05) is 46.9 Å². The summed E-state index contributed by atoms with van der Waals surface area (Å²) < 4.78 is 27.7. The Morgan fingerprint density at radius 3 is 2.64 bits per heavy atom. The van der Waals surface area contributed by atoms with Crippen LogP contribution in [0.15, 0.2) is 65.9 Å². The van der Waals surface area contributed by atoms with E-state index in [-0.39, 0.29) is 12.4 Å². The van der Waals surface area contributed by atoms with E-state index in [4.69, 9.17) is 14.3 Å². The lowest BCUT2D eigenvalue weighted by molar-refractivity contribution is -0.171. The molecule has 2 aliphatic heterocycles. The van der Waals surface area contributed by atoms with Crippen molar-refractivity contribution in [1.29, 1.82) is 0 Å². The predicted octanol–water partition coefficient (Wildman–Crippen LogP) is 4.11. The average molecular weight is 491 g/mol. The minimum absolute atomic E-state index is 0.345. The van der Waals surface area contributed by atoms with Crippen molar-refractivity contribution < 1.29 is 23.8 Å². The maximum absolute atomic E-state index is 13.6. The topological polar surface area (TPSA) is 81.3 Å². The maximum Gasteiger partial charge on any atom is 0.260 e. The van der Waals surface area contributed by atoms with Crippen LogP contribution in [0.25, 0.3) is 11.8 Å². The predicted molar refractivity (Wildman–Crippen MR) is 131 cm³/mol. The molecule has 0 amide bonds. The third-order valence-electron chi connectivity index (χ3n) is 7.23. The highest BCUT2D eigenvalue weighted by molar-refractivity contribution is 6.02. The number of oxime groups is 1. The number of aliphatic hydroxyl groups is 1. The Hall–Kier alpha value is -3.85. The van der Waals surface area contributed by atoms with Gasteiger partial charge >= 0.3 is 0 Å². The second-order valence-corrected chi connectivity index (χ2v) is 9.54. The fourth-order valence-electron chi connectivity index (χ4n) is 5.12. The number of aromatic nitrogens is 2. The molecule has 0 radical (unpaired) electrons. The molecule has 186 valence electrons. The molecule has 0 bridgehead atoms. The van der Waals surface area contributed by atoms with Crippen molar-refractivity contribution in [3.8, 4) is 11.4 Å². The van der Waals surface area contributed by atoms with Crippen LogP contribution >= 0.6 is 0 Å². The van der Waals surface area contributed by atoms with Crippen LogP contribution in [0.2, 0.25) is 0 Å². The molecule has 36 heavy (non-hydrogen) atoms. The van der Waals surface area contributed by atoms with Gasteiger partial charge in [-0.15, -0.1) is 0 Å². The van der Waals surface area contributed by atoms with E-state index in [1.54, 1.807) is 25.6 Å². The lowest BCUT2D eigenvalue weighted by Gasteiger charge is -2.51. The van der Waals surface area contributed by atoms with Crippen molar-refractivity contribution >= 4 is 11.9 Å². The van der Waals surface area contributed by atoms with Gasteiger partial charge in [0.2, 0.25) is 5.84 Å². The van der Waals surface area contributed by atoms with Crippen LogP contribution < -0.4 is 4.74 Å². The first kappa shape index (κ1) is 22.6. The van der Waals surface area contributed by atoms with Crippen molar-refractivity contribution in [2.75, 3.05) is 20.3 Å². The lowest BCUT2D eigenvalue weighted by atomic mass is 9.77. The van der Waals surface area contributed by atoms with Crippen molar-refractivity contribution in [3.63, 3.8) is 0 Å². The summed E-state index contributed by atoms with van der Waals surface area (Å²) >= 11 is 0. The van der Waals surface area contributed by atoms with Gasteiger partial charge in [0, 0.05) is 11.8 Å². The number of ether oxygens (including phenoxy) is 2. The number of nitrogens with zero attached hydrogens (tertiary/aromatic N) is 4. The first-order valence-corrected chi connectivity index (χ1v) is 12.0. The molecule has 2 fully saturated rings. The summed E-state index contributed by atoms with van der Waals surface area (Å²) in [6.45, 7) is 2.11. The van der Waals surface area contributed by atoms with Gasteiger partial charge in [-0.05, 0) is 74.2 Å². The number of amidine groups is 1. The first-order valence-electron chi connectivity index (χ1n) is 12.0. The first-order chi connectivity index (χ1) is 17.4. The second-order valence-electron chi connectivity index (χ2n) is 9.54. The van der Waals surface area contributed by atoms with Gasteiger partial charge in [-0.25, -0.2) is 9.37 Å². The van der Waals surface area contributed by atoms with Gasteiger partial charge in [-0.2, -0.15) is 0 Å². The fraction of sp³-hybridized carbons (Fsp3) is 0.333. The van der Waals surface area contributed by atoms with Crippen LogP contribution in [0.4, 0.5) is 4.39 Å². The number of aliphatic hydroxyl groups excluding tert-OH is 1. The molecule has 2 aromatic carbocycles. The molecular formula is C27H27FN4O4. The lowest BCUT2D eigenvalue weighted by Crippen LogP contribution is -2.61. The monoisotopic (exact) mass is 490 g/mol. The molecule has 6 rings (SSSR count). The normalized spacial score (nSPS) is 23.1. The number of halogens is 1. The molecule has 1 spiro atoms. The molecule has 1 atom stereocenters. The van der Waals surface area contributed by atoms with E-state index < -0.39 is 11.3 Å². The standard InChI is InChI=1S/C27H27FN4O4/c1-18-14-31(17-29-18)22-9-4-19(12-23(22)34-2)13-24-25-30-36-27(16-33,20-5-7-21(28)8-6-20)32(25)15-26(35-24)10-3-11-26/h4-9,12-14,17,33H,3,10-11,15-16H2,1-2H3/b24-13-. The zero-order chi connectivity index (χ0) is 24.9. The number of methoxy groups -OCH3 is 1. The van der Waals surface area contributed by atoms with Gasteiger partial charge in [0.05, 0.1) is 31.4 Å². The van der Waals surface area contributed by atoms with Crippen LogP contribution in [-0.4, -0.2) is 51.3 Å². The molecule has 3 heterocycles. The van der Waals surface area contributed by atoms with E-state index in [0.29, 0.717) is 29.5 Å². The highest BCUT2D eigenvalue weighted by Gasteiger charge is 2.57. The van der Waals surface area contributed by atoms with Crippen molar-refractivity contribution in [2.24, 2.45) is 5.16 Å². The number of aryl methyl sites for hydroxylation is 1. The Labute approximate surface area is 208 Å². The van der Waals surface area contributed by atoms with Crippen LogP contribution in [0.1, 0.15) is 36.1 Å². The van der Waals surface area contributed by atoms with Crippen LogP contribution in [0, 0.1) is 12.7 Å². The number of hydrogen-bond donors (Lipinski definition) is 1. The SMILES string of the molecule is COc1cc(/C=C2\OC3(CCC3)CN3C2=NOC3(CO)c2ccc(F)cc2)ccc1-n1cnc(C)c1. The van der Waals surface area contributed by atoms with E-state index in [2.05, 4.69) is 10.1 Å². The minimum Gasteiger partial charge on any atom is -0.495 e. The molecule has 3 aromatic rings. The van der Waals surface area contributed by atoms with Gasteiger partial charge in [-0.1, -0.05) is 11.2 Å². The Morgan fingerprint density at radius 1 is 1.19 bits per heavy atom. The smallest absolute Gasteiger partial charge is 0.260 e. The summed E-state index contributed by atoms with van der Waals surface area (Å²) in [5, 5.41) is 14.9. The van der Waals surface area contributed by atoms with Crippen molar-refractivity contribution in [1.82, 2.24) is 14.5 Å². The van der Waals surface area contributed by atoms with Gasteiger partial charge < -0.3 is 28.9 Å². The van der Waals surface area contributed by atoms with E-state index in [1.165, 1.54) is 12.1 Å². The number of rotatable bonds is 5. The third-order valence-corrected chi connectivity index (χ3v) is 7.23. The molecule has 8 nitrogen and oxygen atoms in total. The fourth-order valence-corrected chi connectivity index (χ4v) is 5.12. The number of imidazole rings is 1. The summed E-state index contributed by atoms with van der Waals surface area (Å²) in [6.07, 6.45) is 8.44. The minimum atomic E-state index is -1.24. The summed E-state index contributed by atoms with van der Waals surface area (Å²) in [5.41, 5.74) is 1.65. The van der Waals surface area contributed by atoms with Crippen LogP contribution in [0.5, 0.6) is 5.75 Å². The third kappa shape index (κ3) is 3.53. The van der Waals surface area contributed by atoms with Crippen molar-refractivity contribution in [2.45, 2.75) is 37.5 Å². The molecule has 3 aliphatic rings. The van der Waals surface area contributed by atoms with E-state index in [9.17, 15) is 9.50 Å². The largest absolute Gasteiger partial charge is 0.495 e. The average Bonchev–Trinajstić information content (AvgIpc) is 3.47. The van der Waals surface area contributed by atoms with E-state index >= 15 is 0 Å². The molecule has 9 heteroatoms. The summed E-state index contributed by atoms with van der Waals surface area (Å²) in [6, 6.07) is 11.8. The van der Waals surface area contributed by atoms with Crippen LogP contribution in [-0.2, 0) is 15.3 Å². The molecule has 1 saturated heterocycles. The Balaban J connectivity index is 1.39. The summed E-state index contributed by atoms with van der Waals surface area (Å²) in [5.74, 6) is 1.39. The van der Waals surface area contributed by atoms with Gasteiger partial charge in [0.25, 0.3) is 5.72 Å². The molecular weight excluding hydrogens is 463 g/mol.